The standard InChI is InChI=1S/C13H23N3S/c1-4-11-6-15-13(3,5-2)9-16(11)8-12-7-14-10-17-12/h7,10-11,15H,4-6,8-9H2,1-3H3. The first-order valence-electron chi connectivity index (χ1n) is 6.53. The van der Waals surface area contributed by atoms with E-state index < -0.39 is 0 Å². The molecule has 1 saturated heterocycles. The van der Waals surface area contributed by atoms with Crippen LogP contribution in [0.4, 0.5) is 0 Å². The third-order valence-corrected chi connectivity index (χ3v) is 4.69. The quantitative estimate of drug-likeness (QED) is 0.893. The van der Waals surface area contributed by atoms with Crippen LogP contribution in [-0.4, -0.2) is 34.6 Å². The van der Waals surface area contributed by atoms with Crippen molar-refractivity contribution < 1.29 is 0 Å². The van der Waals surface area contributed by atoms with Gasteiger partial charge in [0, 0.05) is 42.3 Å². The summed E-state index contributed by atoms with van der Waals surface area (Å²) in [7, 11) is 0. The van der Waals surface area contributed by atoms with Crippen LogP contribution in [-0.2, 0) is 6.54 Å². The van der Waals surface area contributed by atoms with Gasteiger partial charge in [-0.15, -0.1) is 11.3 Å². The Hall–Kier alpha value is -0.450. The number of hydrogen-bond acceptors (Lipinski definition) is 4. The smallest absolute Gasteiger partial charge is 0.0794 e. The number of nitrogens with zero attached hydrogens (tertiary/aromatic N) is 2. The SMILES string of the molecule is CCC1CNC(C)(CC)CN1Cc1cncs1. The van der Waals surface area contributed by atoms with Crippen molar-refractivity contribution in [1.82, 2.24) is 15.2 Å². The van der Waals surface area contributed by atoms with Gasteiger partial charge in [-0.2, -0.15) is 0 Å². The third kappa shape index (κ3) is 3.06. The molecule has 96 valence electrons. The van der Waals surface area contributed by atoms with Gasteiger partial charge in [0.15, 0.2) is 0 Å². The average molecular weight is 253 g/mol. The van der Waals surface area contributed by atoms with Crippen LogP contribution < -0.4 is 5.32 Å². The maximum atomic E-state index is 4.17. The van der Waals surface area contributed by atoms with Gasteiger partial charge in [-0.25, -0.2) is 0 Å². The maximum Gasteiger partial charge on any atom is 0.0794 e. The van der Waals surface area contributed by atoms with E-state index in [0.29, 0.717) is 6.04 Å². The van der Waals surface area contributed by atoms with E-state index in [1.165, 1.54) is 17.7 Å². The van der Waals surface area contributed by atoms with Crippen molar-refractivity contribution >= 4 is 11.3 Å². The lowest BCUT2D eigenvalue weighted by Gasteiger charge is -2.45. The molecular weight excluding hydrogens is 230 g/mol. The van der Waals surface area contributed by atoms with Gasteiger partial charge in [0.2, 0.25) is 0 Å². The van der Waals surface area contributed by atoms with Crippen molar-refractivity contribution in [3.8, 4) is 0 Å². The normalized spacial score (nSPS) is 30.6. The third-order valence-electron chi connectivity index (χ3n) is 3.93. The highest BCUT2D eigenvalue weighted by atomic mass is 32.1. The molecule has 2 heterocycles. The van der Waals surface area contributed by atoms with E-state index in [0.717, 1.165) is 19.6 Å². The molecule has 4 heteroatoms. The van der Waals surface area contributed by atoms with Crippen LogP contribution in [0, 0.1) is 0 Å². The van der Waals surface area contributed by atoms with Crippen LogP contribution in [0.15, 0.2) is 11.7 Å². The summed E-state index contributed by atoms with van der Waals surface area (Å²) in [4.78, 5) is 8.17. The van der Waals surface area contributed by atoms with Crippen molar-refractivity contribution in [3.63, 3.8) is 0 Å². The Morgan fingerprint density at radius 1 is 1.59 bits per heavy atom. The highest BCUT2D eigenvalue weighted by Gasteiger charge is 2.33. The van der Waals surface area contributed by atoms with Gasteiger partial charge in [-0.3, -0.25) is 9.88 Å². The minimum atomic E-state index is 0.274. The molecule has 1 aromatic rings. The van der Waals surface area contributed by atoms with Crippen molar-refractivity contribution in [2.24, 2.45) is 0 Å². The topological polar surface area (TPSA) is 28.2 Å². The summed E-state index contributed by atoms with van der Waals surface area (Å²) >= 11 is 1.76. The van der Waals surface area contributed by atoms with Gasteiger partial charge in [-0.05, 0) is 19.8 Å². The molecule has 0 spiro atoms. The van der Waals surface area contributed by atoms with Crippen LogP contribution >= 0.6 is 11.3 Å². The Labute approximate surface area is 108 Å². The number of nitrogens with one attached hydrogen (secondary N) is 1. The van der Waals surface area contributed by atoms with E-state index in [1.807, 2.05) is 11.7 Å². The Balaban J connectivity index is 2.05. The summed E-state index contributed by atoms with van der Waals surface area (Å²) in [6.07, 6.45) is 4.40. The Bertz CT molecular complexity index is 338. The number of hydrogen-bond donors (Lipinski definition) is 1. The zero-order chi connectivity index (χ0) is 12.3. The molecule has 17 heavy (non-hydrogen) atoms. The minimum Gasteiger partial charge on any atom is -0.309 e. The fourth-order valence-corrected chi connectivity index (χ4v) is 3.09. The van der Waals surface area contributed by atoms with Crippen LogP contribution in [0.2, 0.25) is 0 Å². The Morgan fingerprint density at radius 3 is 3.00 bits per heavy atom. The molecular formula is C13H23N3S. The first kappa shape index (κ1) is 13.0. The molecule has 0 aromatic carbocycles. The van der Waals surface area contributed by atoms with Gasteiger partial charge in [0.1, 0.15) is 0 Å². The summed E-state index contributed by atoms with van der Waals surface area (Å²) < 4.78 is 0. The first-order chi connectivity index (χ1) is 8.17. The summed E-state index contributed by atoms with van der Waals surface area (Å²) in [5.41, 5.74) is 2.20. The van der Waals surface area contributed by atoms with E-state index >= 15 is 0 Å². The Kier molecular flexibility index (Phi) is 4.17. The number of thiazole rings is 1. The van der Waals surface area contributed by atoms with E-state index in [-0.39, 0.29) is 5.54 Å². The molecule has 2 unspecified atom stereocenters. The lowest BCUT2D eigenvalue weighted by Crippen LogP contribution is -2.62. The van der Waals surface area contributed by atoms with Gasteiger partial charge in [0.25, 0.3) is 0 Å². The highest BCUT2D eigenvalue weighted by molar-refractivity contribution is 7.09. The summed E-state index contributed by atoms with van der Waals surface area (Å²) in [6.45, 7) is 10.2. The molecule has 0 radical (unpaired) electrons. The van der Waals surface area contributed by atoms with Crippen LogP contribution in [0.3, 0.4) is 0 Å². The lowest BCUT2D eigenvalue weighted by molar-refractivity contribution is 0.0763. The van der Waals surface area contributed by atoms with E-state index in [9.17, 15) is 0 Å². The van der Waals surface area contributed by atoms with Crippen LogP contribution in [0.5, 0.6) is 0 Å². The van der Waals surface area contributed by atoms with Gasteiger partial charge in [0.05, 0.1) is 5.51 Å². The molecule has 2 atom stereocenters. The molecule has 0 aliphatic carbocycles. The summed E-state index contributed by atoms with van der Waals surface area (Å²) in [6, 6.07) is 0.664. The predicted octanol–water partition coefficient (Wildman–Crippen LogP) is 2.50. The average Bonchev–Trinajstić information content (AvgIpc) is 2.82. The van der Waals surface area contributed by atoms with Crippen LogP contribution in [0.1, 0.15) is 38.5 Å². The number of piperazine rings is 1. The second kappa shape index (κ2) is 5.46. The fourth-order valence-electron chi connectivity index (χ4n) is 2.47. The van der Waals surface area contributed by atoms with Crippen molar-refractivity contribution in [2.75, 3.05) is 13.1 Å². The molecule has 1 aliphatic heterocycles. The van der Waals surface area contributed by atoms with Crippen molar-refractivity contribution in [3.05, 3.63) is 16.6 Å². The molecule has 0 saturated carbocycles. The van der Waals surface area contributed by atoms with E-state index in [4.69, 9.17) is 0 Å². The molecule has 0 bridgehead atoms. The second-order valence-corrected chi connectivity index (χ2v) is 6.20. The molecule has 3 nitrogen and oxygen atoms in total. The minimum absolute atomic E-state index is 0.274. The maximum absolute atomic E-state index is 4.17. The van der Waals surface area contributed by atoms with E-state index in [2.05, 4.69) is 36.0 Å². The fraction of sp³-hybridized carbons (Fsp3) is 0.769. The Morgan fingerprint density at radius 2 is 2.41 bits per heavy atom. The van der Waals surface area contributed by atoms with E-state index in [1.54, 1.807) is 11.3 Å². The predicted molar refractivity (Wildman–Crippen MR) is 73.3 cm³/mol. The summed E-state index contributed by atoms with van der Waals surface area (Å²) in [5, 5.41) is 3.70. The molecule has 0 amide bonds. The second-order valence-electron chi connectivity index (χ2n) is 5.23. The highest BCUT2D eigenvalue weighted by Crippen LogP contribution is 2.23. The zero-order valence-electron chi connectivity index (χ0n) is 11.1. The first-order valence-corrected chi connectivity index (χ1v) is 7.41. The monoisotopic (exact) mass is 253 g/mol. The van der Waals surface area contributed by atoms with Gasteiger partial charge < -0.3 is 5.32 Å². The van der Waals surface area contributed by atoms with Gasteiger partial charge in [-0.1, -0.05) is 13.8 Å². The van der Waals surface area contributed by atoms with Crippen molar-refractivity contribution in [1.29, 1.82) is 0 Å². The molecule has 1 aliphatic rings. The largest absolute Gasteiger partial charge is 0.309 e. The van der Waals surface area contributed by atoms with Gasteiger partial charge >= 0.3 is 0 Å². The van der Waals surface area contributed by atoms with Crippen molar-refractivity contribution in [2.45, 2.75) is 51.7 Å². The van der Waals surface area contributed by atoms with Crippen LogP contribution in [0.25, 0.3) is 0 Å². The lowest BCUT2D eigenvalue weighted by atomic mass is 9.93. The molecule has 1 N–H and O–H groups in total. The molecule has 1 fully saturated rings. The summed E-state index contributed by atoms with van der Waals surface area (Å²) in [5.74, 6) is 0. The number of aromatic nitrogens is 1. The molecule has 1 aromatic heterocycles. The molecule has 2 rings (SSSR count). The zero-order valence-corrected chi connectivity index (χ0v) is 11.9. The number of rotatable bonds is 4.